The molecule has 0 aromatic heterocycles. The van der Waals surface area contributed by atoms with E-state index < -0.39 is 5.97 Å². The fourth-order valence-electron chi connectivity index (χ4n) is 2.36. The second-order valence-electron chi connectivity index (χ2n) is 5.82. The van der Waals surface area contributed by atoms with E-state index in [1.165, 1.54) is 0 Å². The maximum absolute atomic E-state index is 11.8. The van der Waals surface area contributed by atoms with Crippen molar-refractivity contribution in [3.05, 3.63) is 65.2 Å². The molecular formula is C20H23NO4. The summed E-state index contributed by atoms with van der Waals surface area (Å²) >= 11 is 0. The van der Waals surface area contributed by atoms with Crippen LogP contribution in [0.2, 0.25) is 0 Å². The van der Waals surface area contributed by atoms with Gasteiger partial charge in [-0.25, -0.2) is 4.79 Å². The Hall–Kier alpha value is -2.82. The average molecular weight is 341 g/mol. The molecule has 2 aromatic rings. The Labute approximate surface area is 147 Å². The molecule has 0 heterocycles. The maximum atomic E-state index is 11.8. The van der Waals surface area contributed by atoms with Crippen LogP contribution in [0.25, 0.3) is 0 Å². The van der Waals surface area contributed by atoms with E-state index in [4.69, 9.17) is 9.84 Å². The van der Waals surface area contributed by atoms with E-state index in [2.05, 4.69) is 5.32 Å². The molecule has 5 heteroatoms. The molecule has 0 bridgehead atoms. The molecule has 2 N–H and O–H groups in total. The molecule has 0 fully saturated rings. The molecule has 25 heavy (non-hydrogen) atoms. The van der Waals surface area contributed by atoms with Crippen LogP contribution in [0, 0.1) is 6.92 Å². The first kappa shape index (κ1) is 18.5. The molecule has 0 spiro atoms. The number of benzene rings is 2. The minimum absolute atomic E-state index is 0.0156. The van der Waals surface area contributed by atoms with Gasteiger partial charge in [-0.1, -0.05) is 30.3 Å². The number of carboxylic acid groups (broad SMARTS) is 1. The number of rotatable bonds is 9. The van der Waals surface area contributed by atoms with Crippen molar-refractivity contribution in [2.24, 2.45) is 0 Å². The van der Waals surface area contributed by atoms with Gasteiger partial charge in [0.25, 0.3) is 0 Å². The summed E-state index contributed by atoms with van der Waals surface area (Å²) in [5, 5.41) is 11.7. The molecule has 0 aliphatic heterocycles. The van der Waals surface area contributed by atoms with Gasteiger partial charge in [0.1, 0.15) is 5.75 Å². The second-order valence-corrected chi connectivity index (χ2v) is 5.82. The van der Waals surface area contributed by atoms with Crippen LogP contribution in [0.4, 0.5) is 0 Å². The van der Waals surface area contributed by atoms with Crippen LogP contribution < -0.4 is 10.1 Å². The molecule has 2 aromatic carbocycles. The Morgan fingerprint density at radius 2 is 1.80 bits per heavy atom. The SMILES string of the molecule is Cc1ccccc1OCCCNC(=O)CCc1ccc(C(=O)O)cc1. The lowest BCUT2D eigenvalue weighted by molar-refractivity contribution is -0.121. The van der Waals surface area contributed by atoms with Gasteiger partial charge < -0.3 is 15.2 Å². The zero-order chi connectivity index (χ0) is 18.1. The molecule has 0 atom stereocenters. The predicted octanol–water partition coefficient (Wildman–Crippen LogP) is 3.21. The number of para-hydroxylation sites is 1. The smallest absolute Gasteiger partial charge is 0.335 e. The Balaban J connectivity index is 1.61. The van der Waals surface area contributed by atoms with Crippen LogP contribution >= 0.6 is 0 Å². The Morgan fingerprint density at radius 3 is 2.48 bits per heavy atom. The summed E-state index contributed by atoms with van der Waals surface area (Å²) in [6.45, 7) is 3.13. The third kappa shape index (κ3) is 6.30. The number of carbonyl (C=O) groups excluding carboxylic acids is 1. The van der Waals surface area contributed by atoms with Crippen molar-refractivity contribution in [3.8, 4) is 5.75 Å². The summed E-state index contributed by atoms with van der Waals surface area (Å²) in [7, 11) is 0. The summed E-state index contributed by atoms with van der Waals surface area (Å²) in [5.74, 6) is -0.0888. The molecule has 2 rings (SSSR count). The standard InChI is InChI=1S/C20H23NO4/c1-15-5-2-3-6-18(15)25-14-4-13-21-19(22)12-9-16-7-10-17(11-8-16)20(23)24/h2-3,5-8,10-11H,4,9,12-14H2,1H3,(H,21,22)(H,23,24). The van der Waals surface area contributed by atoms with Gasteiger partial charge in [-0.05, 0) is 49.1 Å². The van der Waals surface area contributed by atoms with Gasteiger partial charge in [0.15, 0.2) is 0 Å². The molecule has 0 aliphatic rings. The number of nitrogens with one attached hydrogen (secondary N) is 1. The highest BCUT2D eigenvalue weighted by Crippen LogP contribution is 2.16. The number of aryl methyl sites for hydroxylation is 2. The highest BCUT2D eigenvalue weighted by atomic mass is 16.5. The lowest BCUT2D eigenvalue weighted by Crippen LogP contribution is -2.25. The molecule has 0 saturated heterocycles. The molecule has 0 saturated carbocycles. The summed E-state index contributed by atoms with van der Waals surface area (Å²) in [4.78, 5) is 22.6. The van der Waals surface area contributed by atoms with Gasteiger partial charge in [0.05, 0.1) is 12.2 Å². The van der Waals surface area contributed by atoms with E-state index in [0.717, 1.165) is 23.3 Å². The van der Waals surface area contributed by atoms with Gasteiger partial charge in [-0.2, -0.15) is 0 Å². The van der Waals surface area contributed by atoms with Crippen LogP contribution in [0.15, 0.2) is 48.5 Å². The molecule has 0 aliphatic carbocycles. The monoisotopic (exact) mass is 341 g/mol. The lowest BCUT2D eigenvalue weighted by atomic mass is 10.1. The highest BCUT2D eigenvalue weighted by Gasteiger charge is 2.05. The summed E-state index contributed by atoms with van der Waals surface area (Å²) in [6.07, 6.45) is 1.71. The third-order valence-electron chi connectivity index (χ3n) is 3.84. The topological polar surface area (TPSA) is 75.6 Å². The minimum atomic E-state index is -0.947. The van der Waals surface area contributed by atoms with Crippen LogP contribution in [0.1, 0.15) is 34.3 Å². The van der Waals surface area contributed by atoms with Crippen LogP contribution in [-0.4, -0.2) is 30.1 Å². The van der Waals surface area contributed by atoms with E-state index in [1.807, 2.05) is 31.2 Å². The van der Waals surface area contributed by atoms with Crippen molar-refractivity contribution in [1.82, 2.24) is 5.32 Å². The van der Waals surface area contributed by atoms with Crippen molar-refractivity contribution >= 4 is 11.9 Å². The van der Waals surface area contributed by atoms with E-state index >= 15 is 0 Å². The fourth-order valence-corrected chi connectivity index (χ4v) is 2.36. The van der Waals surface area contributed by atoms with Crippen molar-refractivity contribution in [1.29, 1.82) is 0 Å². The predicted molar refractivity (Wildman–Crippen MR) is 96.0 cm³/mol. The van der Waals surface area contributed by atoms with E-state index in [1.54, 1.807) is 24.3 Å². The van der Waals surface area contributed by atoms with Gasteiger partial charge in [0.2, 0.25) is 5.91 Å². The first-order valence-electron chi connectivity index (χ1n) is 8.33. The largest absolute Gasteiger partial charge is 0.493 e. The summed E-state index contributed by atoms with van der Waals surface area (Å²) in [5.41, 5.74) is 2.30. The lowest BCUT2D eigenvalue weighted by Gasteiger charge is -2.09. The second kappa shape index (κ2) is 9.47. The van der Waals surface area contributed by atoms with Crippen molar-refractivity contribution in [2.75, 3.05) is 13.2 Å². The Morgan fingerprint density at radius 1 is 1.08 bits per heavy atom. The van der Waals surface area contributed by atoms with Crippen LogP contribution in [0.5, 0.6) is 5.75 Å². The third-order valence-corrected chi connectivity index (χ3v) is 3.84. The Kier molecular flexibility index (Phi) is 7.01. The van der Waals surface area contributed by atoms with Crippen molar-refractivity contribution in [2.45, 2.75) is 26.2 Å². The van der Waals surface area contributed by atoms with E-state index in [-0.39, 0.29) is 11.5 Å². The fraction of sp³-hybridized carbons (Fsp3) is 0.300. The summed E-state index contributed by atoms with van der Waals surface area (Å²) < 4.78 is 5.68. The number of aromatic carboxylic acids is 1. The zero-order valence-corrected chi connectivity index (χ0v) is 14.3. The number of carbonyl (C=O) groups is 2. The molecule has 0 unspecified atom stereocenters. The van der Waals surface area contributed by atoms with Gasteiger partial charge in [-0.15, -0.1) is 0 Å². The van der Waals surface area contributed by atoms with Gasteiger partial charge >= 0.3 is 5.97 Å². The first-order chi connectivity index (χ1) is 12.1. The average Bonchev–Trinajstić information content (AvgIpc) is 2.61. The van der Waals surface area contributed by atoms with Crippen LogP contribution in [0.3, 0.4) is 0 Å². The van der Waals surface area contributed by atoms with Crippen LogP contribution in [-0.2, 0) is 11.2 Å². The normalized spacial score (nSPS) is 10.3. The van der Waals surface area contributed by atoms with Crippen molar-refractivity contribution < 1.29 is 19.4 Å². The molecule has 1 amide bonds. The molecule has 132 valence electrons. The number of hydrogen-bond acceptors (Lipinski definition) is 3. The molecule has 0 radical (unpaired) electrons. The number of amides is 1. The van der Waals surface area contributed by atoms with Gasteiger partial charge in [-0.3, -0.25) is 4.79 Å². The number of ether oxygens (including phenoxy) is 1. The zero-order valence-electron chi connectivity index (χ0n) is 14.3. The molecular weight excluding hydrogens is 318 g/mol. The van der Waals surface area contributed by atoms with E-state index in [9.17, 15) is 9.59 Å². The molecule has 5 nitrogen and oxygen atoms in total. The maximum Gasteiger partial charge on any atom is 0.335 e. The van der Waals surface area contributed by atoms with Crippen molar-refractivity contribution in [3.63, 3.8) is 0 Å². The number of carboxylic acids is 1. The quantitative estimate of drug-likeness (QED) is 0.687. The van der Waals surface area contributed by atoms with E-state index in [0.29, 0.717) is 26.0 Å². The first-order valence-corrected chi connectivity index (χ1v) is 8.33. The highest BCUT2D eigenvalue weighted by molar-refractivity contribution is 5.87. The summed E-state index contributed by atoms with van der Waals surface area (Å²) in [6, 6.07) is 14.4. The van der Waals surface area contributed by atoms with Gasteiger partial charge in [0, 0.05) is 13.0 Å². The Bertz CT molecular complexity index is 710. The number of hydrogen-bond donors (Lipinski definition) is 2. The minimum Gasteiger partial charge on any atom is -0.493 e.